The quantitative estimate of drug-likeness (QED) is 0.451. The fourth-order valence-corrected chi connectivity index (χ4v) is 2.22. The minimum Gasteiger partial charge on any atom is -0.334 e. The van der Waals surface area contributed by atoms with E-state index < -0.39 is 22.3 Å². The zero-order valence-corrected chi connectivity index (χ0v) is 13.7. The van der Waals surface area contributed by atoms with Gasteiger partial charge in [-0.2, -0.15) is 0 Å². The van der Waals surface area contributed by atoms with E-state index in [0.717, 1.165) is 12.4 Å². The number of aromatic nitrogens is 2. The second kappa shape index (κ2) is 7.87. The molecule has 0 saturated carbocycles. The lowest BCUT2D eigenvalue weighted by molar-refractivity contribution is -0.383. The maximum Gasteiger partial charge on any atom is 0.355 e. The van der Waals surface area contributed by atoms with Gasteiger partial charge in [-0.1, -0.05) is 30.3 Å². The topological polar surface area (TPSA) is 122 Å². The summed E-state index contributed by atoms with van der Waals surface area (Å²) in [5, 5.41) is 14.3. The standard InChI is InChI=1S/C17H13FN6O3/c18-13-9-5-4-8-12(13)17(25)23-22-16-14(24(26)27)15(19-10-20-16)21-11-6-2-1-3-7-11/h1-10H,(H,23,25)(H2,19,20,21,22). The van der Waals surface area contributed by atoms with Crippen LogP contribution >= 0.6 is 0 Å². The van der Waals surface area contributed by atoms with E-state index in [0.29, 0.717) is 5.69 Å². The SMILES string of the molecule is O=C(NNc1ncnc(Nc2ccccc2)c1[N+](=O)[O-])c1ccccc1F. The van der Waals surface area contributed by atoms with Crippen molar-refractivity contribution in [2.45, 2.75) is 0 Å². The van der Waals surface area contributed by atoms with Gasteiger partial charge in [0, 0.05) is 5.69 Å². The highest BCUT2D eigenvalue weighted by Crippen LogP contribution is 2.30. The minimum absolute atomic E-state index is 0.0659. The van der Waals surface area contributed by atoms with Crippen LogP contribution < -0.4 is 16.2 Å². The number of amides is 1. The second-order valence-corrected chi connectivity index (χ2v) is 5.23. The molecule has 0 atom stereocenters. The second-order valence-electron chi connectivity index (χ2n) is 5.23. The number of carbonyl (C=O) groups is 1. The van der Waals surface area contributed by atoms with Crippen LogP contribution in [0.15, 0.2) is 60.9 Å². The first-order valence-electron chi connectivity index (χ1n) is 7.68. The van der Waals surface area contributed by atoms with Crippen LogP contribution in [0.5, 0.6) is 0 Å². The number of carbonyl (C=O) groups excluding carboxylic acids is 1. The van der Waals surface area contributed by atoms with Gasteiger partial charge in [0.05, 0.1) is 10.5 Å². The van der Waals surface area contributed by atoms with Crippen LogP contribution in [0.3, 0.4) is 0 Å². The number of rotatable bonds is 6. The predicted octanol–water partition coefficient (Wildman–Crippen LogP) is 3.02. The number of halogens is 1. The van der Waals surface area contributed by atoms with Crippen LogP contribution in [-0.2, 0) is 0 Å². The molecule has 0 aliphatic carbocycles. The molecule has 1 amide bonds. The average molecular weight is 368 g/mol. The van der Waals surface area contributed by atoms with Gasteiger partial charge in [0.2, 0.25) is 11.6 Å². The van der Waals surface area contributed by atoms with Crippen LogP contribution in [0.2, 0.25) is 0 Å². The average Bonchev–Trinajstić information content (AvgIpc) is 2.67. The summed E-state index contributed by atoms with van der Waals surface area (Å²) in [5.41, 5.74) is 4.43. The highest BCUT2D eigenvalue weighted by Gasteiger charge is 2.24. The van der Waals surface area contributed by atoms with Gasteiger partial charge in [0.25, 0.3) is 5.91 Å². The van der Waals surface area contributed by atoms with E-state index in [4.69, 9.17) is 0 Å². The van der Waals surface area contributed by atoms with E-state index in [9.17, 15) is 19.3 Å². The Labute approximate surface area is 152 Å². The number of para-hydroxylation sites is 1. The Morgan fingerprint density at radius 2 is 1.67 bits per heavy atom. The molecule has 1 aromatic heterocycles. The molecule has 0 radical (unpaired) electrons. The summed E-state index contributed by atoms with van der Waals surface area (Å²) in [7, 11) is 0. The van der Waals surface area contributed by atoms with Gasteiger partial charge < -0.3 is 5.32 Å². The molecule has 0 fully saturated rings. The van der Waals surface area contributed by atoms with E-state index in [1.165, 1.54) is 18.2 Å². The molecule has 0 aliphatic heterocycles. The molecule has 3 aromatic rings. The number of nitrogens with one attached hydrogen (secondary N) is 3. The van der Waals surface area contributed by atoms with Crippen LogP contribution in [0, 0.1) is 15.9 Å². The van der Waals surface area contributed by atoms with Crippen molar-refractivity contribution >= 4 is 28.9 Å². The third kappa shape index (κ3) is 4.12. The van der Waals surface area contributed by atoms with Gasteiger partial charge in [-0.3, -0.25) is 25.8 Å². The molecule has 3 N–H and O–H groups in total. The third-order valence-corrected chi connectivity index (χ3v) is 3.45. The number of hydrogen-bond acceptors (Lipinski definition) is 7. The summed E-state index contributed by atoms with van der Waals surface area (Å²) in [6.45, 7) is 0. The Bertz CT molecular complexity index is 983. The highest BCUT2D eigenvalue weighted by atomic mass is 19.1. The lowest BCUT2D eigenvalue weighted by atomic mass is 10.2. The number of benzene rings is 2. The fourth-order valence-electron chi connectivity index (χ4n) is 2.22. The number of nitro groups is 1. The van der Waals surface area contributed by atoms with Crippen molar-refractivity contribution in [3.63, 3.8) is 0 Å². The van der Waals surface area contributed by atoms with Gasteiger partial charge in [-0.15, -0.1) is 0 Å². The lowest BCUT2D eigenvalue weighted by Gasteiger charge is -2.11. The van der Waals surface area contributed by atoms with E-state index >= 15 is 0 Å². The normalized spacial score (nSPS) is 10.1. The van der Waals surface area contributed by atoms with Gasteiger partial charge >= 0.3 is 5.69 Å². The monoisotopic (exact) mass is 368 g/mol. The summed E-state index contributed by atoms with van der Waals surface area (Å²) in [4.78, 5) is 30.5. The maximum atomic E-state index is 13.6. The number of hydrazine groups is 1. The van der Waals surface area contributed by atoms with Crippen LogP contribution in [-0.4, -0.2) is 20.8 Å². The Hall–Kier alpha value is -4.08. The maximum absolute atomic E-state index is 13.6. The van der Waals surface area contributed by atoms with Crippen molar-refractivity contribution in [1.29, 1.82) is 0 Å². The number of anilines is 3. The Balaban J connectivity index is 1.83. The summed E-state index contributed by atoms with van der Waals surface area (Å²) in [6.07, 6.45) is 1.09. The molecule has 9 nitrogen and oxygen atoms in total. The summed E-state index contributed by atoms with van der Waals surface area (Å²) in [5.74, 6) is -1.85. The summed E-state index contributed by atoms with van der Waals surface area (Å²) < 4.78 is 13.6. The fraction of sp³-hybridized carbons (Fsp3) is 0. The van der Waals surface area contributed by atoms with Crippen molar-refractivity contribution in [2.24, 2.45) is 0 Å². The zero-order chi connectivity index (χ0) is 19.2. The lowest BCUT2D eigenvalue weighted by Crippen LogP contribution is -2.31. The first-order valence-corrected chi connectivity index (χ1v) is 7.68. The molecule has 1 heterocycles. The minimum atomic E-state index is -0.807. The Morgan fingerprint density at radius 3 is 2.37 bits per heavy atom. The van der Waals surface area contributed by atoms with Crippen molar-refractivity contribution in [1.82, 2.24) is 15.4 Å². The molecule has 0 bridgehead atoms. The first kappa shape index (κ1) is 17.7. The van der Waals surface area contributed by atoms with Gasteiger partial charge in [-0.25, -0.2) is 14.4 Å². The summed E-state index contributed by atoms with van der Waals surface area (Å²) in [6, 6.07) is 14.1. The Morgan fingerprint density at radius 1 is 1.00 bits per heavy atom. The van der Waals surface area contributed by atoms with E-state index in [-0.39, 0.29) is 17.2 Å². The number of nitrogens with zero attached hydrogens (tertiary/aromatic N) is 3. The van der Waals surface area contributed by atoms with Gasteiger partial charge in [-0.05, 0) is 24.3 Å². The van der Waals surface area contributed by atoms with E-state index in [2.05, 4.69) is 26.1 Å². The third-order valence-electron chi connectivity index (χ3n) is 3.45. The van der Waals surface area contributed by atoms with Crippen molar-refractivity contribution in [3.05, 3.63) is 82.4 Å². The summed E-state index contributed by atoms with van der Waals surface area (Å²) >= 11 is 0. The molecule has 0 unspecified atom stereocenters. The van der Waals surface area contributed by atoms with Gasteiger partial charge in [0.15, 0.2) is 0 Å². The molecule has 3 rings (SSSR count). The zero-order valence-electron chi connectivity index (χ0n) is 13.7. The van der Waals surface area contributed by atoms with Crippen LogP contribution in [0.25, 0.3) is 0 Å². The molecule has 0 aliphatic rings. The molecule has 2 aromatic carbocycles. The predicted molar refractivity (Wildman–Crippen MR) is 95.9 cm³/mol. The molecule has 0 saturated heterocycles. The highest BCUT2D eigenvalue weighted by molar-refractivity contribution is 5.95. The van der Waals surface area contributed by atoms with Gasteiger partial charge in [0.1, 0.15) is 12.1 Å². The molecule has 0 spiro atoms. The molecule has 136 valence electrons. The van der Waals surface area contributed by atoms with Crippen LogP contribution in [0.1, 0.15) is 10.4 Å². The molecular formula is C17H13FN6O3. The van der Waals surface area contributed by atoms with Crippen molar-refractivity contribution in [2.75, 3.05) is 10.7 Å². The number of hydrogen-bond donors (Lipinski definition) is 3. The first-order chi connectivity index (χ1) is 13.1. The van der Waals surface area contributed by atoms with E-state index in [1.807, 2.05) is 0 Å². The Kier molecular flexibility index (Phi) is 5.17. The van der Waals surface area contributed by atoms with Crippen LogP contribution in [0.4, 0.5) is 27.4 Å². The molecule has 27 heavy (non-hydrogen) atoms. The smallest absolute Gasteiger partial charge is 0.334 e. The largest absolute Gasteiger partial charge is 0.355 e. The molecule has 10 heteroatoms. The van der Waals surface area contributed by atoms with Crippen molar-refractivity contribution < 1.29 is 14.1 Å². The van der Waals surface area contributed by atoms with Crippen molar-refractivity contribution in [3.8, 4) is 0 Å². The molecular weight excluding hydrogens is 355 g/mol. The van der Waals surface area contributed by atoms with E-state index in [1.54, 1.807) is 30.3 Å².